The van der Waals surface area contributed by atoms with E-state index in [2.05, 4.69) is 5.92 Å². The summed E-state index contributed by atoms with van der Waals surface area (Å²) in [4.78, 5) is 0. The van der Waals surface area contributed by atoms with Crippen molar-refractivity contribution in [2.45, 2.75) is 56.7 Å². The van der Waals surface area contributed by atoms with Crippen LogP contribution in [0.4, 0.5) is 4.39 Å². The van der Waals surface area contributed by atoms with Gasteiger partial charge in [-0.3, -0.25) is 0 Å². The summed E-state index contributed by atoms with van der Waals surface area (Å²) >= 11 is 0. The maximum atomic E-state index is 14.6. The SMILES string of the molecule is C#C[C@]1(O)[C@@H]([18F])C[C@H]2[C@@H]3CCc4cc(O)ccc4[C@H]3CC[C@@]21C. The Hall–Kier alpha value is -1.53. The van der Waals surface area contributed by atoms with E-state index in [0.29, 0.717) is 24.0 Å². The minimum absolute atomic E-state index is 0.124. The summed E-state index contributed by atoms with van der Waals surface area (Å²) in [6.07, 6.45) is 8.14. The zero-order chi connectivity index (χ0) is 16.4. The lowest BCUT2D eigenvalue weighted by atomic mass is 9.53. The van der Waals surface area contributed by atoms with Gasteiger partial charge in [0.25, 0.3) is 0 Å². The third kappa shape index (κ3) is 1.79. The fourth-order valence-corrected chi connectivity index (χ4v) is 5.80. The molecule has 23 heavy (non-hydrogen) atoms. The summed E-state index contributed by atoms with van der Waals surface area (Å²) in [5.41, 5.74) is 0.360. The van der Waals surface area contributed by atoms with Crippen molar-refractivity contribution in [3.8, 4) is 18.1 Å². The van der Waals surface area contributed by atoms with Crippen LogP contribution in [0.5, 0.6) is 5.75 Å². The number of aromatic hydroxyl groups is 1. The molecule has 2 fully saturated rings. The lowest BCUT2D eigenvalue weighted by molar-refractivity contribution is -0.0846. The highest BCUT2D eigenvalue weighted by atomic mass is 18.2. The Morgan fingerprint density at radius 1 is 1.35 bits per heavy atom. The minimum atomic E-state index is -1.63. The molecule has 0 spiro atoms. The summed E-state index contributed by atoms with van der Waals surface area (Å²) in [5, 5.41) is 20.5. The molecule has 0 amide bonds. The molecule has 3 aliphatic carbocycles. The van der Waals surface area contributed by atoms with Crippen LogP contribution in [-0.2, 0) is 6.42 Å². The minimum Gasteiger partial charge on any atom is -0.508 e. The van der Waals surface area contributed by atoms with Crippen molar-refractivity contribution in [2.24, 2.45) is 17.3 Å². The normalized spacial score (nSPS) is 44.8. The van der Waals surface area contributed by atoms with Crippen molar-refractivity contribution in [3.05, 3.63) is 29.3 Å². The molecule has 3 aliphatic rings. The van der Waals surface area contributed by atoms with E-state index in [4.69, 9.17) is 6.42 Å². The molecule has 2 nitrogen and oxygen atoms in total. The van der Waals surface area contributed by atoms with Gasteiger partial charge in [0.05, 0.1) is 0 Å². The second kappa shape index (κ2) is 4.74. The lowest BCUT2D eigenvalue weighted by Crippen LogP contribution is -2.52. The second-order valence-corrected chi connectivity index (χ2v) is 7.87. The number of halogens is 1. The first kappa shape index (κ1) is 15.0. The van der Waals surface area contributed by atoms with E-state index in [1.165, 1.54) is 11.1 Å². The van der Waals surface area contributed by atoms with Crippen molar-refractivity contribution >= 4 is 0 Å². The number of benzene rings is 1. The van der Waals surface area contributed by atoms with Crippen LogP contribution in [0.2, 0.25) is 0 Å². The van der Waals surface area contributed by atoms with Crippen LogP contribution in [0, 0.1) is 29.6 Å². The van der Waals surface area contributed by atoms with Crippen LogP contribution >= 0.6 is 0 Å². The van der Waals surface area contributed by atoms with Crippen LogP contribution in [0.1, 0.15) is 49.7 Å². The second-order valence-electron chi connectivity index (χ2n) is 7.87. The van der Waals surface area contributed by atoms with Crippen molar-refractivity contribution in [2.75, 3.05) is 0 Å². The maximum Gasteiger partial charge on any atom is 0.161 e. The number of aryl methyl sites for hydroxylation is 1. The Labute approximate surface area is 136 Å². The van der Waals surface area contributed by atoms with Gasteiger partial charge in [-0.2, -0.15) is 0 Å². The molecule has 0 bridgehead atoms. The van der Waals surface area contributed by atoms with Crippen molar-refractivity contribution in [1.29, 1.82) is 0 Å². The summed E-state index contributed by atoms with van der Waals surface area (Å²) in [6, 6.07) is 5.64. The van der Waals surface area contributed by atoms with Gasteiger partial charge in [-0.25, -0.2) is 4.39 Å². The molecule has 4 rings (SSSR count). The molecule has 0 aromatic heterocycles. The van der Waals surface area contributed by atoms with E-state index in [-0.39, 0.29) is 5.92 Å². The highest BCUT2D eigenvalue weighted by Gasteiger charge is 2.65. The molecule has 0 radical (unpaired) electrons. The Morgan fingerprint density at radius 2 is 2.13 bits per heavy atom. The van der Waals surface area contributed by atoms with E-state index < -0.39 is 17.2 Å². The van der Waals surface area contributed by atoms with Crippen LogP contribution in [-0.4, -0.2) is 22.0 Å². The molecular weight excluding hydrogens is 290 g/mol. The van der Waals surface area contributed by atoms with Crippen molar-refractivity contribution < 1.29 is 14.6 Å². The zero-order valence-corrected chi connectivity index (χ0v) is 13.4. The third-order valence-corrected chi connectivity index (χ3v) is 7.10. The largest absolute Gasteiger partial charge is 0.508 e. The van der Waals surface area contributed by atoms with Gasteiger partial charge in [0.2, 0.25) is 0 Å². The third-order valence-electron chi connectivity index (χ3n) is 7.10. The monoisotopic (exact) mass is 313 g/mol. The summed E-state index contributed by atoms with van der Waals surface area (Å²) in [6.45, 7) is 1.99. The van der Waals surface area contributed by atoms with Gasteiger partial charge in [0, 0.05) is 5.41 Å². The molecule has 0 heterocycles. The highest BCUT2D eigenvalue weighted by Crippen LogP contribution is 2.64. The molecule has 6 atom stereocenters. The molecular formula is C20H23FO2. The van der Waals surface area contributed by atoms with Crippen molar-refractivity contribution in [3.63, 3.8) is 0 Å². The summed E-state index contributed by atoms with van der Waals surface area (Å²) in [5.74, 6) is 3.60. The fourth-order valence-electron chi connectivity index (χ4n) is 5.80. The van der Waals surface area contributed by atoms with Crippen LogP contribution in [0.3, 0.4) is 0 Å². The van der Waals surface area contributed by atoms with Crippen LogP contribution in [0.25, 0.3) is 0 Å². The fraction of sp³-hybridized carbons (Fsp3) is 0.600. The molecule has 0 aliphatic heterocycles. The average molecular weight is 313 g/mol. The number of phenolic OH excluding ortho intramolecular Hbond substituents is 1. The van der Waals surface area contributed by atoms with Gasteiger partial charge in [0.1, 0.15) is 11.9 Å². The Balaban J connectivity index is 1.74. The first-order valence-electron chi connectivity index (χ1n) is 8.56. The zero-order valence-electron chi connectivity index (χ0n) is 13.4. The predicted octanol–water partition coefficient (Wildman–Crippen LogP) is 3.56. The van der Waals surface area contributed by atoms with Gasteiger partial charge >= 0.3 is 0 Å². The molecule has 2 N–H and O–H groups in total. The molecule has 0 saturated heterocycles. The molecule has 3 heteroatoms. The number of hydrogen-bond acceptors (Lipinski definition) is 2. The topological polar surface area (TPSA) is 40.5 Å². The first-order chi connectivity index (χ1) is 10.9. The number of fused-ring (bicyclic) bond motifs is 5. The molecule has 2 saturated carbocycles. The molecule has 0 unspecified atom stereocenters. The van der Waals surface area contributed by atoms with Crippen molar-refractivity contribution in [1.82, 2.24) is 0 Å². The van der Waals surface area contributed by atoms with E-state index in [9.17, 15) is 14.6 Å². The Kier molecular flexibility index (Phi) is 3.09. The molecule has 1 aromatic carbocycles. The van der Waals surface area contributed by atoms with Gasteiger partial charge in [-0.15, -0.1) is 6.42 Å². The van der Waals surface area contributed by atoms with Gasteiger partial charge in [-0.1, -0.05) is 18.9 Å². The number of phenols is 1. The van der Waals surface area contributed by atoms with E-state index in [0.717, 1.165) is 25.7 Å². The Bertz CT molecular complexity index is 693. The van der Waals surface area contributed by atoms with Crippen LogP contribution in [0.15, 0.2) is 18.2 Å². The number of terminal acetylenes is 1. The standard InChI is InChI=1S/C20H23FO2/c1-3-20(23)18(21)11-17-16-6-4-12-10-13(22)5-7-14(12)15(16)8-9-19(17,20)2/h1,5,7,10,15-18,22-23H,4,6,8-9,11H2,2H3/t15-,16-,17+,18+,19+,20+/m1/s1/i21-1. The smallest absolute Gasteiger partial charge is 0.161 e. The van der Waals surface area contributed by atoms with Gasteiger partial charge in [-0.05, 0) is 73.1 Å². The first-order valence-corrected chi connectivity index (χ1v) is 8.56. The number of rotatable bonds is 0. The number of alkyl halides is 1. The quantitative estimate of drug-likeness (QED) is 0.719. The molecule has 122 valence electrons. The summed E-state index contributed by atoms with van der Waals surface area (Å²) in [7, 11) is 0. The van der Waals surface area contributed by atoms with E-state index in [1.54, 1.807) is 6.07 Å². The highest BCUT2D eigenvalue weighted by molar-refractivity contribution is 5.41. The lowest BCUT2D eigenvalue weighted by Gasteiger charge is -2.51. The molecule has 1 aromatic rings. The number of aliphatic hydroxyl groups is 1. The number of hydrogen-bond donors (Lipinski definition) is 2. The van der Waals surface area contributed by atoms with Gasteiger partial charge in [0.15, 0.2) is 5.60 Å². The maximum absolute atomic E-state index is 14.6. The van der Waals surface area contributed by atoms with E-state index >= 15 is 0 Å². The summed E-state index contributed by atoms with van der Waals surface area (Å²) < 4.78 is 14.6. The van der Waals surface area contributed by atoms with Crippen LogP contribution < -0.4 is 0 Å². The average Bonchev–Trinajstić information content (AvgIpc) is 2.75. The predicted molar refractivity (Wildman–Crippen MR) is 86.8 cm³/mol. The Morgan fingerprint density at radius 3 is 2.87 bits per heavy atom. The van der Waals surface area contributed by atoms with E-state index in [1.807, 2.05) is 19.1 Å². The van der Waals surface area contributed by atoms with Gasteiger partial charge < -0.3 is 10.2 Å².